The van der Waals surface area contributed by atoms with Crippen LogP contribution in [0.25, 0.3) is 0 Å². The molecule has 424 valence electrons. The number of aryl methyl sites for hydroxylation is 3. The highest BCUT2D eigenvalue weighted by Crippen LogP contribution is 2.29. The van der Waals surface area contributed by atoms with Crippen molar-refractivity contribution in [3.63, 3.8) is 0 Å². The van der Waals surface area contributed by atoms with Crippen molar-refractivity contribution in [1.29, 1.82) is 0 Å². The third-order valence-electron chi connectivity index (χ3n) is 13.3. The van der Waals surface area contributed by atoms with Crippen molar-refractivity contribution in [2.24, 2.45) is 0 Å². The van der Waals surface area contributed by atoms with Crippen LogP contribution in [-0.2, 0) is 31.9 Å². The van der Waals surface area contributed by atoms with E-state index in [9.17, 15) is 18.4 Å². The molecule has 28 heteroatoms. The molecule has 81 heavy (non-hydrogen) atoms. The SMILES string of the molecule is CO[C@@H](C(=O)Cc1nnc(N[C@@H]2CCN(c3ccc(C)nn3)C2)s1)c1ccc(F)cc1.CO[C@H](C(=O)Cc1nnc(N[C@@H]2CCN(c3ccc(C)nn3)C2)s1)c1ccc(F)cc1.Cc1ccc(N2CC[C@@H](Nc3nnc(N)s3)C2)nn1. The molecule has 3 aliphatic rings. The van der Waals surface area contributed by atoms with Crippen LogP contribution in [0.3, 0.4) is 0 Å². The third kappa shape index (κ3) is 16.1. The van der Waals surface area contributed by atoms with Crippen molar-refractivity contribution in [2.75, 3.05) is 89.9 Å². The van der Waals surface area contributed by atoms with Crippen LogP contribution in [0.5, 0.6) is 0 Å². The van der Waals surface area contributed by atoms with Gasteiger partial charge in [0.1, 0.15) is 33.9 Å². The first-order valence-corrected chi connectivity index (χ1v) is 28.5. The summed E-state index contributed by atoms with van der Waals surface area (Å²) in [6.07, 6.45) is 1.60. The molecule has 5 atom stereocenters. The van der Waals surface area contributed by atoms with Gasteiger partial charge in [-0.3, -0.25) is 9.59 Å². The zero-order valence-corrected chi connectivity index (χ0v) is 47.6. The van der Waals surface area contributed by atoms with E-state index in [0.717, 1.165) is 98.2 Å². The molecule has 9 heterocycles. The number of nitrogen functional groups attached to an aromatic ring is 1. The van der Waals surface area contributed by atoms with E-state index >= 15 is 0 Å². The molecule has 3 saturated heterocycles. The molecule has 0 radical (unpaired) electrons. The zero-order valence-electron chi connectivity index (χ0n) is 45.1. The number of carbonyl (C=O) groups excluding carboxylic acids is 2. The Hall–Kier alpha value is -7.92. The number of ether oxygens (including phenoxy) is 2. The van der Waals surface area contributed by atoms with Crippen LogP contribution in [-0.4, -0.2) is 144 Å². The normalized spacial score (nSPS) is 17.4. The molecule has 2 aromatic carbocycles. The van der Waals surface area contributed by atoms with Gasteiger partial charge in [0.25, 0.3) is 0 Å². The van der Waals surface area contributed by atoms with Crippen LogP contribution < -0.4 is 36.4 Å². The number of nitrogens with one attached hydrogen (secondary N) is 3. The molecule has 3 fully saturated rings. The van der Waals surface area contributed by atoms with Crippen LogP contribution in [0.4, 0.5) is 46.8 Å². The van der Waals surface area contributed by atoms with E-state index in [-0.39, 0.29) is 48.1 Å². The summed E-state index contributed by atoms with van der Waals surface area (Å²) in [7, 11) is 2.92. The lowest BCUT2D eigenvalue weighted by atomic mass is 10.0. The molecule has 0 bridgehead atoms. The molecule has 8 aromatic rings. The molecule has 0 saturated carbocycles. The fraction of sp³-hybridized carbons (Fsp3) is 0.396. The lowest BCUT2D eigenvalue weighted by Gasteiger charge is -2.17. The predicted molar refractivity (Wildman–Crippen MR) is 307 cm³/mol. The minimum absolute atomic E-state index is 0.102. The standard InChI is InChI=1S/2C21H23FN6O2S.C11H15N7S/c2*1-13-3-8-18(25-24-13)28-10-9-16(12-28)23-21-27-26-19(31-21)11-17(29)20(30-2)14-4-6-15(22)7-5-14;1-7-2-3-9(15-14-7)18-5-4-8(6-18)13-11-17-16-10(12)19-11/h2*3-8,16,20H,9-12H2,1-2H3,(H,23,27);2-3,8H,4-6H2,1H3,(H2,12,16)(H,13,17)/t16-,20+;16-,20-;8-/m111/s1. The van der Waals surface area contributed by atoms with Crippen molar-refractivity contribution in [3.05, 3.63) is 135 Å². The van der Waals surface area contributed by atoms with Gasteiger partial charge < -0.3 is 45.9 Å². The lowest BCUT2D eigenvalue weighted by molar-refractivity contribution is -0.129. The number of carbonyl (C=O) groups is 2. The summed E-state index contributed by atoms with van der Waals surface area (Å²) in [5.74, 6) is 1.64. The number of hydrogen-bond donors (Lipinski definition) is 4. The van der Waals surface area contributed by atoms with E-state index in [1.165, 1.54) is 72.5 Å². The minimum atomic E-state index is -0.764. The van der Waals surface area contributed by atoms with Crippen LogP contribution in [0.15, 0.2) is 84.9 Å². The van der Waals surface area contributed by atoms with Gasteiger partial charge in [0.05, 0.1) is 29.9 Å². The molecular formula is C53H61F2N19O4S3. The van der Waals surface area contributed by atoms with E-state index in [1.54, 1.807) is 24.3 Å². The largest absolute Gasteiger partial charge is 0.374 e. The molecule has 0 spiro atoms. The number of benzene rings is 2. The van der Waals surface area contributed by atoms with Gasteiger partial charge in [-0.1, -0.05) is 58.3 Å². The van der Waals surface area contributed by atoms with Crippen molar-refractivity contribution < 1.29 is 27.8 Å². The predicted octanol–water partition coefficient (Wildman–Crippen LogP) is 6.84. The highest BCUT2D eigenvalue weighted by molar-refractivity contribution is 7.18. The summed E-state index contributed by atoms with van der Waals surface area (Å²) >= 11 is 4.08. The number of Topliss-reactive ketones (excluding diaryl/α,β-unsaturated/α-hetero) is 2. The first kappa shape index (κ1) is 57.8. The summed E-state index contributed by atoms with van der Waals surface area (Å²) in [4.78, 5) is 32.0. The monoisotopic (exact) mass is 1160 g/mol. The van der Waals surface area contributed by atoms with Crippen molar-refractivity contribution >= 4 is 83.6 Å². The molecular weight excluding hydrogens is 1100 g/mol. The van der Waals surface area contributed by atoms with Gasteiger partial charge in [-0.15, -0.1) is 45.9 Å². The van der Waals surface area contributed by atoms with Gasteiger partial charge >= 0.3 is 0 Å². The summed E-state index contributed by atoms with van der Waals surface area (Å²) < 4.78 is 37.0. The zero-order chi connectivity index (χ0) is 56.8. The Balaban J connectivity index is 0.000000151. The number of anilines is 7. The van der Waals surface area contributed by atoms with Gasteiger partial charge in [0.2, 0.25) is 20.5 Å². The van der Waals surface area contributed by atoms with Crippen LogP contribution in [0, 0.1) is 32.4 Å². The Morgan fingerprint density at radius 1 is 0.506 bits per heavy atom. The third-order valence-corrected chi connectivity index (χ3v) is 15.7. The van der Waals surface area contributed by atoms with Crippen molar-refractivity contribution in [3.8, 4) is 0 Å². The molecule has 3 aliphatic heterocycles. The maximum Gasteiger partial charge on any atom is 0.207 e. The van der Waals surface area contributed by atoms with Crippen LogP contribution in [0.2, 0.25) is 0 Å². The number of nitrogens with two attached hydrogens (primary N) is 1. The van der Waals surface area contributed by atoms with Gasteiger partial charge in [0, 0.05) is 71.6 Å². The highest BCUT2D eigenvalue weighted by atomic mass is 32.1. The second-order valence-electron chi connectivity index (χ2n) is 19.4. The Morgan fingerprint density at radius 3 is 1.16 bits per heavy atom. The molecule has 0 unspecified atom stereocenters. The van der Waals surface area contributed by atoms with Crippen LogP contribution in [0.1, 0.15) is 69.7 Å². The average Bonchev–Trinajstić information content (AvgIpc) is 4.37. The van der Waals surface area contributed by atoms with Crippen molar-refractivity contribution in [2.45, 2.75) is 83.2 Å². The number of rotatable bonds is 19. The van der Waals surface area contributed by atoms with Crippen molar-refractivity contribution in [1.82, 2.24) is 61.2 Å². The second-order valence-corrected chi connectivity index (χ2v) is 22.5. The van der Waals surface area contributed by atoms with Gasteiger partial charge in [-0.05, 0) is 112 Å². The van der Waals surface area contributed by atoms with E-state index in [0.29, 0.717) is 42.6 Å². The summed E-state index contributed by atoms with van der Waals surface area (Å²) in [6, 6.07) is 24.1. The first-order chi connectivity index (χ1) is 39.2. The Labute approximate surface area is 478 Å². The van der Waals surface area contributed by atoms with Crippen LogP contribution >= 0.6 is 34.0 Å². The van der Waals surface area contributed by atoms with E-state index in [1.807, 2.05) is 57.2 Å². The van der Waals surface area contributed by atoms with Gasteiger partial charge in [0.15, 0.2) is 29.0 Å². The molecule has 5 N–H and O–H groups in total. The summed E-state index contributed by atoms with van der Waals surface area (Å²) in [5, 5.41) is 63.4. The van der Waals surface area contributed by atoms with E-state index in [2.05, 4.69) is 91.8 Å². The fourth-order valence-electron chi connectivity index (χ4n) is 9.19. The number of methoxy groups -OCH3 is 2. The Bertz CT molecular complexity index is 3120. The molecule has 0 amide bonds. The Kier molecular flexibility index (Phi) is 19.6. The lowest BCUT2D eigenvalue weighted by Crippen LogP contribution is -2.26. The maximum absolute atomic E-state index is 13.1. The van der Waals surface area contributed by atoms with E-state index in [4.69, 9.17) is 15.2 Å². The summed E-state index contributed by atoms with van der Waals surface area (Å²) in [5.41, 5.74) is 9.50. The number of aromatic nitrogens is 12. The number of ketones is 2. The molecule has 0 aliphatic carbocycles. The fourth-order valence-corrected chi connectivity index (χ4v) is 11.4. The maximum atomic E-state index is 13.1. The second kappa shape index (κ2) is 27.5. The highest BCUT2D eigenvalue weighted by Gasteiger charge is 2.29. The smallest absolute Gasteiger partial charge is 0.207 e. The Morgan fingerprint density at radius 2 is 0.852 bits per heavy atom. The number of hydrogen-bond acceptors (Lipinski definition) is 26. The van der Waals surface area contributed by atoms with E-state index < -0.39 is 12.2 Å². The molecule has 6 aromatic heterocycles. The quantitative estimate of drug-likeness (QED) is 0.0645. The van der Waals surface area contributed by atoms with Gasteiger partial charge in [-0.2, -0.15) is 15.3 Å². The minimum Gasteiger partial charge on any atom is -0.374 e. The number of halogens is 2. The molecule has 11 rings (SSSR count). The topological polar surface area (TPSA) is 279 Å². The molecule has 23 nitrogen and oxygen atoms in total. The number of nitrogens with zero attached hydrogens (tertiary/aromatic N) is 15. The average molecular weight is 1160 g/mol. The van der Waals surface area contributed by atoms with Gasteiger partial charge in [-0.25, -0.2) is 8.78 Å². The summed E-state index contributed by atoms with van der Waals surface area (Å²) in [6.45, 7) is 11.0. The first-order valence-electron chi connectivity index (χ1n) is 26.0.